The predicted molar refractivity (Wildman–Crippen MR) is 88.9 cm³/mol. The number of allylic oxidation sites excluding steroid dienone is 5. The third kappa shape index (κ3) is 4.33. The van der Waals surface area contributed by atoms with Crippen molar-refractivity contribution in [2.45, 2.75) is 65.3 Å². The lowest BCUT2D eigenvalue weighted by molar-refractivity contribution is -0.120. The Labute approximate surface area is 129 Å². The first kappa shape index (κ1) is 16.1. The second-order valence-electron chi connectivity index (χ2n) is 6.67. The molecule has 2 unspecified atom stereocenters. The van der Waals surface area contributed by atoms with Gasteiger partial charge in [0.15, 0.2) is 5.78 Å². The zero-order chi connectivity index (χ0) is 15.2. The molecule has 1 N–H and O–H groups in total. The first-order valence-corrected chi connectivity index (χ1v) is 8.47. The Morgan fingerprint density at radius 2 is 2.05 bits per heavy atom. The number of fused-ring (bicyclic) bond motifs is 1. The molecule has 0 aromatic rings. The molecule has 1 aliphatic heterocycles. The number of rotatable bonds is 6. The number of piperidine rings is 1. The Kier molecular flexibility index (Phi) is 5.84. The predicted octanol–water partition coefficient (Wildman–Crippen LogP) is 4.54. The molecule has 1 saturated heterocycles. The van der Waals surface area contributed by atoms with E-state index in [9.17, 15) is 4.79 Å². The van der Waals surface area contributed by atoms with Crippen LogP contribution in [0, 0.1) is 11.8 Å². The van der Waals surface area contributed by atoms with Crippen LogP contribution in [0.4, 0.5) is 0 Å². The van der Waals surface area contributed by atoms with Crippen LogP contribution in [-0.2, 0) is 4.79 Å². The van der Waals surface area contributed by atoms with Crippen molar-refractivity contribution in [1.29, 1.82) is 0 Å². The summed E-state index contributed by atoms with van der Waals surface area (Å²) in [6, 6.07) is 0.313. The third-order valence-corrected chi connectivity index (χ3v) is 4.43. The third-order valence-electron chi connectivity index (χ3n) is 4.43. The second-order valence-corrected chi connectivity index (χ2v) is 6.67. The Hall–Kier alpha value is -1.31. The summed E-state index contributed by atoms with van der Waals surface area (Å²) >= 11 is 0. The van der Waals surface area contributed by atoms with Gasteiger partial charge in [-0.1, -0.05) is 51.5 Å². The van der Waals surface area contributed by atoms with Gasteiger partial charge >= 0.3 is 0 Å². The van der Waals surface area contributed by atoms with Crippen molar-refractivity contribution in [2.75, 3.05) is 0 Å². The molecular weight excluding hydrogens is 258 g/mol. The van der Waals surface area contributed by atoms with Gasteiger partial charge in [-0.15, -0.1) is 0 Å². The van der Waals surface area contributed by atoms with Gasteiger partial charge in [0.2, 0.25) is 0 Å². The minimum Gasteiger partial charge on any atom is -0.381 e. The molecule has 116 valence electrons. The first-order valence-electron chi connectivity index (χ1n) is 8.47. The van der Waals surface area contributed by atoms with E-state index < -0.39 is 0 Å². The second kappa shape index (κ2) is 7.63. The molecule has 1 heterocycles. The highest BCUT2D eigenvalue weighted by Gasteiger charge is 2.33. The van der Waals surface area contributed by atoms with Gasteiger partial charge < -0.3 is 5.32 Å². The van der Waals surface area contributed by atoms with Crippen molar-refractivity contribution in [3.05, 3.63) is 35.6 Å². The lowest BCUT2D eigenvalue weighted by atomic mass is 9.82. The van der Waals surface area contributed by atoms with E-state index in [0.29, 0.717) is 17.7 Å². The molecule has 1 aliphatic carbocycles. The number of hydrogen-bond acceptors (Lipinski definition) is 2. The average Bonchev–Trinajstić information content (AvgIpc) is 2.47. The number of nitrogens with one attached hydrogen (secondary N) is 1. The maximum Gasteiger partial charge on any atom is 0.169 e. The fraction of sp³-hybridized carbons (Fsp3) is 0.632. The van der Waals surface area contributed by atoms with Gasteiger partial charge in [0.05, 0.1) is 0 Å². The van der Waals surface area contributed by atoms with E-state index in [2.05, 4.69) is 50.4 Å². The Bertz CT molecular complexity index is 456. The quantitative estimate of drug-likeness (QED) is 0.574. The summed E-state index contributed by atoms with van der Waals surface area (Å²) in [7, 11) is 0. The summed E-state index contributed by atoms with van der Waals surface area (Å²) in [5, 5.41) is 3.60. The van der Waals surface area contributed by atoms with Crippen molar-refractivity contribution in [1.82, 2.24) is 5.32 Å². The van der Waals surface area contributed by atoms with E-state index in [-0.39, 0.29) is 5.92 Å². The number of carbonyl (C=O) groups excluding carboxylic acids is 1. The maximum atomic E-state index is 12.4. The summed E-state index contributed by atoms with van der Waals surface area (Å²) in [4.78, 5) is 12.4. The van der Waals surface area contributed by atoms with Crippen molar-refractivity contribution in [2.24, 2.45) is 11.8 Å². The van der Waals surface area contributed by atoms with Crippen molar-refractivity contribution in [3.63, 3.8) is 0 Å². The molecule has 2 aliphatic rings. The van der Waals surface area contributed by atoms with Crippen LogP contribution in [0.25, 0.3) is 0 Å². The van der Waals surface area contributed by atoms with Gasteiger partial charge in [-0.05, 0) is 38.0 Å². The Balaban J connectivity index is 1.80. The highest BCUT2D eigenvalue weighted by Crippen LogP contribution is 2.29. The largest absolute Gasteiger partial charge is 0.381 e. The molecule has 0 aromatic heterocycles. The summed E-state index contributed by atoms with van der Waals surface area (Å²) in [5.41, 5.74) is 2.03. The molecule has 0 spiro atoms. The van der Waals surface area contributed by atoms with Crippen LogP contribution in [0.15, 0.2) is 35.6 Å². The van der Waals surface area contributed by atoms with Crippen LogP contribution >= 0.6 is 0 Å². The SMILES string of the molecule is CC(C)/C=C/CCCCC1NC2=CCCC=C2C(=O)C1C. The van der Waals surface area contributed by atoms with Crippen LogP contribution in [0.3, 0.4) is 0 Å². The van der Waals surface area contributed by atoms with Gasteiger partial charge in [0.1, 0.15) is 0 Å². The average molecular weight is 287 g/mol. The van der Waals surface area contributed by atoms with E-state index in [1.807, 2.05) is 0 Å². The van der Waals surface area contributed by atoms with Crippen LogP contribution in [0.5, 0.6) is 0 Å². The van der Waals surface area contributed by atoms with E-state index >= 15 is 0 Å². The molecule has 2 nitrogen and oxygen atoms in total. The van der Waals surface area contributed by atoms with Gasteiger partial charge in [-0.3, -0.25) is 4.79 Å². The zero-order valence-corrected chi connectivity index (χ0v) is 13.7. The highest BCUT2D eigenvalue weighted by atomic mass is 16.1. The molecule has 0 bridgehead atoms. The summed E-state index contributed by atoms with van der Waals surface area (Å²) in [5.74, 6) is 1.09. The number of Topliss-reactive ketones (excluding diaryl/α,β-unsaturated/α-hetero) is 1. The number of unbranched alkanes of at least 4 members (excludes halogenated alkanes) is 2. The molecule has 1 fully saturated rings. The van der Waals surface area contributed by atoms with Gasteiger partial charge in [-0.25, -0.2) is 0 Å². The molecular formula is C19H29NO. The summed E-state index contributed by atoms with van der Waals surface area (Å²) in [6.07, 6.45) is 15.6. The van der Waals surface area contributed by atoms with E-state index in [4.69, 9.17) is 0 Å². The zero-order valence-electron chi connectivity index (χ0n) is 13.7. The minimum atomic E-state index is 0.109. The molecule has 0 radical (unpaired) electrons. The van der Waals surface area contributed by atoms with E-state index in [1.165, 1.54) is 12.8 Å². The van der Waals surface area contributed by atoms with Crippen molar-refractivity contribution >= 4 is 5.78 Å². The van der Waals surface area contributed by atoms with Crippen molar-refractivity contribution < 1.29 is 4.79 Å². The topological polar surface area (TPSA) is 29.1 Å². The summed E-state index contributed by atoms with van der Waals surface area (Å²) < 4.78 is 0. The van der Waals surface area contributed by atoms with Gasteiger partial charge in [0.25, 0.3) is 0 Å². The Morgan fingerprint density at radius 3 is 2.81 bits per heavy atom. The Morgan fingerprint density at radius 1 is 1.29 bits per heavy atom. The standard InChI is InChI=1S/C19H29NO/c1-14(2)10-6-4-5-7-12-17-15(3)19(21)16-11-8-9-13-18(16)20-17/h6,10-11,13-15,17,20H,4-5,7-9,12H2,1-3H3/b10-6+. The van der Waals surface area contributed by atoms with Crippen LogP contribution in [0.2, 0.25) is 0 Å². The minimum absolute atomic E-state index is 0.109. The number of carbonyl (C=O) groups is 1. The van der Waals surface area contributed by atoms with Crippen LogP contribution in [0.1, 0.15) is 59.3 Å². The van der Waals surface area contributed by atoms with Gasteiger partial charge in [-0.2, -0.15) is 0 Å². The van der Waals surface area contributed by atoms with E-state index in [0.717, 1.165) is 37.0 Å². The van der Waals surface area contributed by atoms with Crippen LogP contribution in [-0.4, -0.2) is 11.8 Å². The maximum absolute atomic E-state index is 12.4. The lowest BCUT2D eigenvalue weighted by Gasteiger charge is -2.34. The molecule has 0 aromatic carbocycles. The molecule has 21 heavy (non-hydrogen) atoms. The normalized spacial score (nSPS) is 25.6. The molecule has 2 rings (SSSR count). The fourth-order valence-corrected chi connectivity index (χ4v) is 3.11. The molecule has 2 heteroatoms. The number of hydrogen-bond donors (Lipinski definition) is 1. The van der Waals surface area contributed by atoms with Gasteiger partial charge in [0, 0.05) is 23.2 Å². The smallest absolute Gasteiger partial charge is 0.169 e. The first-order chi connectivity index (χ1) is 10.1. The molecule has 0 amide bonds. The highest BCUT2D eigenvalue weighted by molar-refractivity contribution is 6.02. The fourth-order valence-electron chi connectivity index (χ4n) is 3.11. The molecule has 0 saturated carbocycles. The van der Waals surface area contributed by atoms with Crippen molar-refractivity contribution in [3.8, 4) is 0 Å². The lowest BCUT2D eigenvalue weighted by Crippen LogP contribution is -2.45. The monoisotopic (exact) mass is 287 g/mol. The van der Waals surface area contributed by atoms with Crippen LogP contribution < -0.4 is 5.32 Å². The van der Waals surface area contributed by atoms with E-state index in [1.54, 1.807) is 0 Å². The summed E-state index contributed by atoms with van der Waals surface area (Å²) in [6.45, 7) is 6.49. The molecule has 2 atom stereocenters. The number of ketones is 1.